The molecular formula is C14H22N2O. The van der Waals surface area contributed by atoms with Crippen LogP contribution in [0.3, 0.4) is 0 Å². The highest BCUT2D eigenvalue weighted by molar-refractivity contribution is 5.31. The second-order valence-corrected chi connectivity index (χ2v) is 4.56. The van der Waals surface area contributed by atoms with Crippen molar-refractivity contribution in [2.45, 2.75) is 13.3 Å². The molecule has 2 rings (SSSR count). The summed E-state index contributed by atoms with van der Waals surface area (Å²) in [6.07, 6.45) is 1.24. The Hall–Kier alpha value is -1.06. The van der Waals surface area contributed by atoms with E-state index in [0.717, 1.165) is 38.5 Å². The van der Waals surface area contributed by atoms with Gasteiger partial charge < -0.3 is 10.1 Å². The van der Waals surface area contributed by atoms with Gasteiger partial charge in [0.05, 0.1) is 0 Å². The third-order valence-corrected chi connectivity index (χ3v) is 3.19. The summed E-state index contributed by atoms with van der Waals surface area (Å²) in [5, 5.41) is 3.41. The van der Waals surface area contributed by atoms with Crippen molar-refractivity contribution in [3.63, 3.8) is 0 Å². The SMILES string of the molecule is Cc1ccccc1OCCN1CCCNCC1. The highest BCUT2D eigenvalue weighted by Crippen LogP contribution is 2.15. The molecule has 0 spiro atoms. The van der Waals surface area contributed by atoms with Crippen LogP contribution in [0.25, 0.3) is 0 Å². The summed E-state index contributed by atoms with van der Waals surface area (Å²) in [6.45, 7) is 8.47. The number of hydrogen-bond acceptors (Lipinski definition) is 3. The van der Waals surface area contributed by atoms with E-state index in [2.05, 4.69) is 23.2 Å². The molecule has 1 aromatic rings. The van der Waals surface area contributed by atoms with E-state index in [1.165, 1.54) is 18.5 Å². The van der Waals surface area contributed by atoms with Gasteiger partial charge in [-0.15, -0.1) is 0 Å². The Morgan fingerprint density at radius 1 is 1.24 bits per heavy atom. The Labute approximate surface area is 104 Å². The first kappa shape index (κ1) is 12.4. The molecule has 1 aromatic carbocycles. The zero-order chi connectivity index (χ0) is 11.9. The molecule has 17 heavy (non-hydrogen) atoms. The van der Waals surface area contributed by atoms with Crippen LogP contribution in [0, 0.1) is 6.92 Å². The lowest BCUT2D eigenvalue weighted by Crippen LogP contribution is -2.31. The lowest BCUT2D eigenvalue weighted by atomic mass is 10.2. The third kappa shape index (κ3) is 4.02. The van der Waals surface area contributed by atoms with Crippen LogP contribution in [0.5, 0.6) is 5.75 Å². The minimum Gasteiger partial charge on any atom is -0.492 e. The summed E-state index contributed by atoms with van der Waals surface area (Å²) in [5.74, 6) is 1.01. The van der Waals surface area contributed by atoms with E-state index < -0.39 is 0 Å². The molecule has 1 saturated heterocycles. The van der Waals surface area contributed by atoms with Gasteiger partial charge in [-0.25, -0.2) is 0 Å². The molecule has 0 bridgehead atoms. The largest absolute Gasteiger partial charge is 0.492 e. The summed E-state index contributed by atoms with van der Waals surface area (Å²) in [7, 11) is 0. The summed E-state index contributed by atoms with van der Waals surface area (Å²) < 4.78 is 5.82. The van der Waals surface area contributed by atoms with E-state index in [9.17, 15) is 0 Å². The number of rotatable bonds is 4. The minimum absolute atomic E-state index is 0.783. The number of para-hydroxylation sites is 1. The van der Waals surface area contributed by atoms with E-state index >= 15 is 0 Å². The predicted molar refractivity (Wildman–Crippen MR) is 70.6 cm³/mol. The Morgan fingerprint density at radius 3 is 3.00 bits per heavy atom. The summed E-state index contributed by atoms with van der Waals surface area (Å²) in [4.78, 5) is 2.47. The van der Waals surface area contributed by atoms with Gasteiger partial charge in [0.1, 0.15) is 12.4 Å². The molecule has 0 amide bonds. The Morgan fingerprint density at radius 2 is 2.12 bits per heavy atom. The third-order valence-electron chi connectivity index (χ3n) is 3.19. The van der Waals surface area contributed by atoms with Crippen LogP contribution in [0.15, 0.2) is 24.3 Å². The average molecular weight is 234 g/mol. The van der Waals surface area contributed by atoms with E-state index in [1.54, 1.807) is 0 Å². The zero-order valence-corrected chi connectivity index (χ0v) is 10.6. The van der Waals surface area contributed by atoms with Crippen LogP contribution in [0.2, 0.25) is 0 Å². The number of aryl methyl sites for hydroxylation is 1. The summed E-state index contributed by atoms with van der Waals surface area (Å²) in [5.41, 5.74) is 1.21. The van der Waals surface area contributed by atoms with Crippen molar-refractivity contribution in [1.82, 2.24) is 10.2 Å². The monoisotopic (exact) mass is 234 g/mol. The molecule has 1 N–H and O–H groups in total. The summed E-state index contributed by atoms with van der Waals surface area (Å²) >= 11 is 0. The lowest BCUT2D eigenvalue weighted by molar-refractivity contribution is 0.217. The average Bonchev–Trinajstić information content (AvgIpc) is 2.60. The van der Waals surface area contributed by atoms with Crippen molar-refractivity contribution in [2.24, 2.45) is 0 Å². The molecule has 0 atom stereocenters. The van der Waals surface area contributed by atoms with Gasteiger partial charge in [0, 0.05) is 19.6 Å². The van der Waals surface area contributed by atoms with Crippen molar-refractivity contribution in [3.8, 4) is 5.75 Å². The molecular weight excluding hydrogens is 212 g/mol. The van der Waals surface area contributed by atoms with Gasteiger partial charge in [0.25, 0.3) is 0 Å². The van der Waals surface area contributed by atoms with Gasteiger partial charge in [-0.1, -0.05) is 18.2 Å². The first-order valence-electron chi connectivity index (χ1n) is 6.48. The van der Waals surface area contributed by atoms with Crippen LogP contribution < -0.4 is 10.1 Å². The molecule has 0 unspecified atom stereocenters. The predicted octanol–water partition coefficient (Wildman–Crippen LogP) is 1.67. The highest BCUT2D eigenvalue weighted by Gasteiger charge is 2.08. The molecule has 0 radical (unpaired) electrons. The fourth-order valence-electron chi connectivity index (χ4n) is 2.13. The molecule has 1 aliphatic rings. The molecule has 3 nitrogen and oxygen atoms in total. The standard InChI is InChI=1S/C14H22N2O/c1-13-5-2-3-6-14(13)17-12-11-16-9-4-7-15-8-10-16/h2-3,5-6,15H,4,7-12H2,1H3. The maximum Gasteiger partial charge on any atom is 0.122 e. The van der Waals surface area contributed by atoms with Crippen molar-refractivity contribution in [2.75, 3.05) is 39.3 Å². The second-order valence-electron chi connectivity index (χ2n) is 4.56. The van der Waals surface area contributed by atoms with Crippen LogP contribution in [0.1, 0.15) is 12.0 Å². The number of ether oxygens (including phenoxy) is 1. The van der Waals surface area contributed by atoms with Gasteiger partial charge in [0.15, 0.2) is 0 Å². The van der Waals surface area contributed by atoms with Crippen molar-refractivity contribution < 1.29 is 4.74 Å². The second kappa shape index (κ2) is 6.62. The minimum atomic E-state index is 0.783. The fraction of sp³-hybridized carbons (Fsp3) is 0.571. The molecule has 94 valence electrons. The van der Waals surface area contributed by atoms with Gasteiger partial charge in [-0.05, 0) is 38.1 Å². The Kier molecular flexibility index (Phi) is 4.83. The Balaban J connectivity index is 1.73. The topological polar surface area (TPSA) is 24.5 Å². The van der Waals surface area contributed by atoms with E-state index in [0.29, 0.717) is 0 Å². The van der Waals surface area contributed by atoms with Crippen LogP contribution in [0.4, 0.5) is 0 Å². The molecule has 1 fully saturated rings. The molecule has 0 aliphatic carbocycles. The summed E-state index contributed by atoms with van der Waals surface area (Å²) in [6, 6.07) is 8.20. The highest BCUT2D eigenvalue weighted by atomic mass is 16.5. The number of nitrogens with one attached hydrogen (secondary N) is 1. The first-order valence-corrected chi connectivity index (χ1v) is 6.48. The van der Waals surface area contributed by atoms with Crippen molar-refractivity contribution in [1.29, 1.82) is 0 Å². The zero-order valence-electron chi connectivity index (χ0n) is 10.6. The van der Waals surface area contributed by atoms with Crippen LogP contribution in [-0.4, -0.2) is 44.2 Å². The normalized spacial score (nSPS) is 17.7. The number of nitrogens with zero attached hydrogens (tertiary/aromatic N) is 1. The fourth-order valence-corrected chi connectivity index (χ4v) is 2.13. The van der Waals surface area contributed by atoms with Gasteiger partial charge >= 0.3 is 0 Å². The van der Waals surface area contributed by atoms with Crippen LogP contribution >= 0.6 is 0 Å². The van der Waals surface area contributed by atoms with Gasteiger partial charge in [-0.3, -0.25) is 4.90 Å². The van der Waals surface area contributed by atoms with E-state index in [1.807, 2.05) is 18.2 Å². The molecule has 3 heteroatoms. The maximum atomic E-state index is 5.82. The number of hydrogen-bond donors (Lipinski definition) is 1. The molecule has 0 saturated carbocycles. The van der Waals surface area contributed by atoms with Gasteiger partial charge in [-0.2, -0.15) is 0 Å². The molecule has 1 heterocycles. The quantitative estimate of drug-likeness (QED) is 0.857. The molecule has 1 aliphatic heterocycles. The Bertz CT molecular complexity index is 333. The first-order chi connectivity index (χ1) is 8.36. The van der Waals surface area contributed by atoms with E-state index in [-0.39, 0.29) is 0 Å². The van der Waals surface area contributed by atoms with Crippen molar-refractivity contribution in [3.05, 3.63) is 29.8 Å². The smallest absolute Gasteiger partial charge is 0.122 e. The maximum absolute atomic E-state index is 5.82. The van der Waals surface area contributed by atoms with Crippen molar-refractivity contribution >= 4 is 0 Å². The number of benzene rings is 1. The van der Waals surface area contributed by atoms with Crippen LogP contribution in [-0.2, 0) is 0 Å². The molecule has 0 aromatic heterocycles. The van der Waals surface area contributed by atoms with Gasteiger partial charge in [0.2, 0.25) is 0 Å². The van der Waals surface area contributed by atoms with E-state index in [4.69, 9.17) is 4.74 Å². The lowest BCUT2D eigenvalue weighted by Gasteiger charge is -2.19.